The van der Waals surface area contributed by atoms with E-state index in [-0.39, 0.29) is 22.7 Å². The van der Waals surface area contributed by atoms with Crippen molar-refractivity contribution in [2.24, 2.45) is 10.9 Å². The van der Waals surface area contributed by atoms with Crippen LogP contribution in [-0.2, 0) is 4.79 Å². The Morgan fingerprint density at radius 3 is 2.35 bits per heavy atom. The lowest BCUT2D eigenvalue weighted by Crippen LogP contribution is -2.35. The molecule has 0 spiro atoms. The van der Waals surface area contributed by atoms with E-state index >= 15 is 0 Å². The normalized spacial score (nSPS) is 13.5. The fourth-order valence-corrected chi connectivity index (χ4v) is 4.16. The third-order valence-corrected chi connectivity index (χ3v) is 6.48. The summed E-state index contributed by atoms with van der Waals surface area (Å²) in [6.45, 7) is 1.08. The fraction of sp³-hybridized carbons (Fsp3) is 0.200. The zero-order chi connectivity index (χ0) is 28.6. The lowest BCUT2D eigenvalue weighted by atomic mass is 9.98. The van der Waals surface area contributed by atoms with Gasteiger partial charge in [-0.1, -0.05) is 5.92 Å². The Balaban J connectivity index is 1.46. The number of ether oxygens (including phenoxy) is 1. The quantitative estimate of drug-likeness (QED) is 0.214. The van der Waals surface area contributed by atoms with Gasteiger partial charge in [0.1, 0.15) is 11.6 Å². The van der Waals surface area contributed by atoms with Crippen LogP contribution in [0.2, 0.25) is 0 Å². The monoisotopic (exact) mass is 542 g/mol. The average molecular weight is 543 g/mol. The molecule has 10 heteroatoms. The highest BCUT2D eigenvalue weighted by Crippen LogP contribution is 2.25. The molecule has 0 unspecified atom stereocenters. The van der Waals surface area contributed by atoms with Crippen LogP contribution < -0.4 is 15.4 Å². The number of carbonyl (C=O) groups excluding carboxylic acids is 2. The van der Waals surface area contributed by atoms with E-state index in [0.717, 1.165) is 6.07 Å². The number of methoxy groups -OCH3 is 1. The lowest BCUT2D eigenvalue weighted by molar-refractivity contribution is -0.143. The standard InChI is InChI=1S/C30H27FN4O5/c1-3-19-4-6-21(7-5-19)33-29(37)25-17-23(40-2)9-11-27(25)34-28(36)24-10-8-22(16-26(24)31)32-18-35-14-12-20(13-15-35)30(38)39/h1,4-11,16-18,20H,12-15H2,2H3,(H,33,37)(H,34,36)(H,38,39). The predicted octanol–water partition coefficient (Wildman–Crippen LogP) is 4.78. The van der Waals surface area contributed by atoms with Crippen molar-refractivity contribution in [3.8, 4) is 18.1 Å². The van der Waals surface area contributed by atoms with Gasteiger partial charge in [0.15, 0.2) is 0 Å². The SMILES string of the molecule is C#Cc1ccc(NC(=O)c2cc(OC)ccc2NC(=O)c2ccc(N=CN3CCC(C(=O)O)CC3)cc2F)cc1. The lowest BCUT2D eigenvalue weighted by Gasteiger charge is -2.28. The van der Waals surface area contributed by atoms with Gasteiger partial charge in [-0.3, -0.25) is 14.4 Å². The van der Waals surface area contributed by atoms with Gasteiger partial charge < -0.3 is 25.4 Å². The molecule has 3 aromatic rings. The van der Waals surface area contributed by atoms with E-state index < -0.39 is 23.6 Å². The van der Waals surface area contributed by atoms with Gasteiger partial charge in [0.05, 0.1) is 41.9 Å². The first-order chi connectivity index (χ1) is 19.3. The van der Waals surface area contributed by atoms with Gasteiger partial charge in [-0.2, -0.15) is 0 Å². The Hall–Kier alpha value is -5.17. The van der Waals surface area contributed by atoms with E-state index in [9.17, 15) is 18.8 Å². The van der Waals surface area contributed by atoms with Gasteiger partial charge in [-0.05, 0) is 67.4 Å². The maximum atomic E-state index is 14.9. The Morgan fingerprint density at radius 1 is 1.02 bits per heavy atom. The summed E-state index contributed by atoms with van der Waals surface area (Å²) < 4.78 is 20.1. The van der Waals surface area contributed by atoms with E-state index in [1.54, 1.807) is 36.7 Å². The number of amides is 2. The van der Waals surface area contributed by atoms with Crippen LogP contribution in [0, 0.1) is 24.1 Å². The van der Waals surface area contributed by atoms with E-state index in [1.807, 2.05) is 4.90 Å². The Bertz CT molecular complexity index is 1490. The Labute approximate surface area is 230 Å². The van der Waals surface area contributed by atoms with Gasteiger partial charge in [0, 0.05) is 30.4 Å². The minimum atomic E-state index is -0.801. The number of piperidine rings is 1. The molecule has 1 heterocycles. The molecule has 0 bridgehead atoms. The van der Waals surface area contributed by atoms with Gasteiger partial charge in [0.2, 0.25) is 0 Å². The Kier molecular flexibility index (Phi) is 8.76. The van der Waals surface area contributed by atoms with E-state index in [4.69, 9.17) is 16.3 Å². The van der Waals surface area contributed by atoms with Crippen molar-refractivity contribution in [1.82, 2.24) is 4.90 Å². The van der Waals surface area contributed by atoms with Crippen LogP contribution in [0.15, 0.2) is 65.7 Å². The molecule has 204 valence electrons. The summed E-state index contributed by atoms with van der Waals surface area (Å²) in [6, 6.07) is 15.2. The van der Waals surface area contributed by atoms with E-state index in [1.165, 1.54) is 31.4 Å². The summed E-state index contributed by atoms with van der Waals surface area (Å²) in [7, 11) is 1.45. The first-order valence-corrected chi connectivity index (χ1v) is 12.5. The molecule has 1 saturated heterocycles. The molecular formula is C30H27FN4O5. The second-order valence-corrected chi connectivity index (χ2v) is 9.10. The number of nitrogens with zero attached hydrogens (tertiary/aromatic N) is 2. The molecule has 0 radical (unpaired) electrons. The average Bonchev–Trinajstić information content (AvgIpc) is 2.96. The molecule has 1 aliphatic heterocycles. The second kappa shape index (κ2) is 12.6. The number of aliphatic imine (C=N–C) groups is 1. The van der Waals surface area contributed by atoms with Crippen LogP contribution in [0.4, 0.5) is 21.5 Å². The molecule has 0 aliphatic carbocycles. The molecule has 3 aromatic carbocycles. The number of carboxylic acids is 1. The highest BCUT2D eigenvalue weighted by atomic mass is 19.1. The van der Waals surface area contributed by atoms with Crippen LogP contribution in [0.5, 0.6) is 5.75 Å². The molecule has 40 heavy (non-hydrogen) atoms. The summed E-state index contributed by atoms with van der Waals surface area (Å²) in [5.74, 6) is -0.318. The number of hydrogen-bond donors (Lipinski definition) is 3. The van der Waals surface area contributed by atoms with Gasteiger partial charge in [-0.25, -0.2) is 9.38 Å². The number of anilines is 2. The number of halogens is 1. The van der Waals surface area contributed by atoms with Crippen LogP contribution in [0.1, 0.15) is 39.1 Å². The number of terminal acetylenes is 1. The maximum absolute atomic E-state index is 14.9. The molecule has 1 fully saturated rings. The number of likely N-dealkylation sites (tertiary alicyclic amines) is 1. The zero-order valence-electron chi connectivity index (χ0n) is 21.7. The number of rotatable bonds is 8. The topological polar surface area (TPSA) is 120 Å². The molecular weight excluding hydrogens is 515 g/mol. The first-order valence-electron chi connectivity index (χ1n) is 12.5. The van der Waals surface area contributed by atoms with Crippen molar-refractivity contribution in [2.45, 2.75) is 12.8 Å². The number of nitrogens with one attached hydrogen (secondary N) is 2. The molecule has 1 aliphatic rings. The molecule has 0 saturated carbocycles. The van der Waals surface area contributed by atoms with E-state index in [0.29, 0.717) is 48.6 Å². The van der Waals surface area contributed by atoms with Crippen LogP contribution in [-0.4, -0.2) is 54.3 Å². The van der Waals surface area contributed by atoms with Gasteiger partial charge in [0.25, 0.3) is 11.8 Å². The summed E-state index contributed by atoms with van der Waals surface area (Å²) in [5, 5.41) is 14.5. The van der Waals surface area contributed by atoms with Crippen molar-refractivity contribution in [1.29, 1.82) is 0 Å². The molecule has 9 nitrogen and oxygen atoms in total. The summed E-state index contributed by atoms with van der Waals surface area (Å²) in [6.07, 6.45) is 7.95. The molecule has 0 atom stereocenters. The number of hydrogen-bond acceptors (Lipinski definition) is 5. The summed E-state index contributed by atoms with van der Waals surface area (Å²) >= 11 is 0. The van der Waals surface area contributed by atoms with Crippen molar-refractivity contribution >= 4 is 41.2 Å². The fourth-order valence-electron chi connectivity index (χ4n) is 4.16. The van der Waals surface area contributed by atoms with Crippen LogP contribution in [0.25, 0.3) is 0 Å². The minimum absolute atomic E-state index is 0.113. The first kappa shape index (κ1) is 27.9. The maximum Gasteiger partial charge on any atom is 0.306 e. The number of carboxylic acid groups (broad SMARTS) is 1. The number of benzene rings is 3. The second-order valence-electron chi connectivity index (χ2n) is 9.10. The number of carbonyl (C=O) groups is 3. The summed E-state index contributed by atoms with van der Waals surface area (Å²) in [4.78, 5) is 43.3. The molecule has 4 rings (SSSR count). The summed E-state index contributed by atoms with van der Waals surface area (Å²) in [5.41, 5.74) is 1.50. The Morgan fingerprint density at radius 2 is 1.73 bits per heavy atom. The van der Waals surface area contributed by atoms with Gasteiger partial charge >= 0.3 is 5.97 Å². The largest absolute Gasteiger partial charge is 0.497 e. The molecule has 0 aromatic heterocycles. The number of aliphatic carboxylic acids is 1. The smallest absolute Gasteiger partial charge is 0.306 e. The highest BCUT2D eigenvalue weighted by Gasteiger charge is 2.23. The third-order valence-electron chi connectivity index (χ3n) is 6.48. The third kappa shape index (κ3) is 6.82. The van der Waals surface area contributed by atoms with Crippen LogP contribution >= 0.6 is 0 Å². The predicted molar refractivity (Wildman–Crippen MR) is 150 cm³/mol. The van der Waals surface area contributed by atoms with Crippen molar-refractivity contribution in [3.63, 3.8) is 0 Å². The van der Waals surface area contributed by atoms with Crippen molar-refractivity contribution in [2.75, 3.05) is 30.8 Å². The van der Waals surface area contributed by atoms with E-state index in [2.05, 4.69) is 21.5 Å². The molecule has 2 amide bonds. The van der Waals surface area contributed by atoms with Crippen molar-refractivity contribution in [3.05, 3.63) is 83.2 Å². The van der Waals surface area contributed by atoms with Crippen molar-refractivity contribution < 1.29 is 28.6 Å². The minimum Gasteiger partial charge on any atom is -0.497 e. The molecule has 3 N–H and O–H groups in total. The highest BCUT2D eigenvalue weighted by molar-refractivity contribution is 6.12. The van der Waals surface area contributed by atoms with Crippen LogP contribution in [0.3, 0.4) is 0 Å². The van der Waals surface area contributed by atoms with Gasteiger partial charge in [-0.15, -0.1) is 6.42 Å². The zero-order valence-corrected chi connectivity index (χ0v) is 21.7.